The number of aromatic nitrogens is 5. The lowest BCUT2D eigenvalue weighted by molar-refractivity contribution is -0.177. The second kappa shape index (κ2) is 8.53. The van der Waals surface area contributed by atoms with Crippen LogP contribution in [0.4, 0.5) is 19.1 Å². The van der Waals surface area contributed by atoms with Crippen LogP contribution in [0.3, 0.4) is 0 Å². The third-order valence-corrected chi connectivity index (χ3v) is 8.04. The molecule has 0 radical (unpaired) electrons. The molecule has 2 bridgehead atoms. The monoisotopic (exact) mass is 511 g/mol. The van der Waals surface area contributed by atoms with Gasteiger partial charge >= 0.3 is 12.1 Å². The number of carbonyl (C=O) groups is 1. The highest BCUT2D eigenvalue weighted by molar-refractivity contribution is 5.82. The molecule has 0 spiro atoms. The fourth-order valence-corrected chi connectivity index (χ4v) is 5.69. The minimum absolute atomic E-state index is 0.302. The maximum absolute atomic E-state index is 12.9. The molecule has 11 heteroatoms. The number of rotatable bonds is 6. The molecule has 0 unspecified atom stereocenters. The number of halogens is 3. The molecule has 4 saturated carbocycles. The molecule has 4 fully saturated rings. The van der Waals surface area contributed by atoms with Crippen molar-refractivity contribution in [2.75, 3.05) is 5.32 Å². The molecule has 3 aromatic heterocycles. The Morgan fingerprint density at radius 3 is 2.38 bits per heavy atom. The van der Waals surface area contributed by atoms with Crippen LogP contribution in [-0.2, 0) is 10.2 Å². The molecular formula is C26H28F3N7O. The Hall–Kier alpha value is -3.50. The number of H-pyrrole nitrogens is 1. The van der Waals surface area contributed by atoms with E-state index in [-0.39, 0.29) is 5.41 Å². The summed E-state index contributed by atoms with van der Waals surface area (Å²) in [7, 11) is 0. The fraction of sp³-hybridized carbons (Fsp3) is 0.500. The zero-order valence-corrected chi connectivity index (χ0v) is 20.5. The molecule has 0 saturated heterocycles. The zero-order chi connectivity index (χ0) is 25.8. The van der Waals surface area contributed by atoms with Crippen LogP contribution in [0.1, 0.15) is 62.9 Å². The number of aromatic amines is 1. The smallest absolute Gasteiger partial charge is 0.351 e. The first-order valence-electron chi connectivity index (χ1n) is 12.7. The second-order valence-corrected chi connectivity index (χ2v) is 10.7. The fourth-order valence-electron chi connectivity index (χ4n) is 5.69. The van der Waals surface area contributed by atoms with Crippen molar-refractivity contribution in [1.29, 1.82) is 0 Å². The molecule has 4 aliphatic rings. The normalized spacial score (nSPS) is 25.2. The molecule has 37 heavy (non-hydrogen) atoms. The van der Waals surface area contributed by atoms with Crippen LogP contribution in [0.25, 0.3) is 22.8 Å². The molecule has 1 amide bonds. The quantitative estimate of drug-likeness (QED) is 0.437. The van der Waals surface area contributed by atoms with Crippen LogP contribution in [0.2, 0.25) is 0 Å². The van der Waals surface area contributed by atoms with Gasteiger partial charge in [0.15, 0.2) is 0 Å². The Kier molecular flexibility index (Phi) is 5.50. The van der Waals surface area contributed by atoms with Gasteiger partial charge in [-0.05, 0) is 76.5 Å². The summed E-state index contributed by atoms with van der Waals surface area (Å²) in [4.78, 5) is 34.1. The van der Waals surface area contributed by atoms with Gasteiger partial charge in [0.25, 0.3) is 0 Å². The zero-order valence-electron chi connectivity index (χ0n) is 20.5. The van der Waals surface area contributed by atoms with E-state index in [0.29, 0.717) is 61.9 Å². The second-order valence-electron chi connectivity index (χ2n) is 10.7. The largest absolute Gasteiger partial charge is 0.471 e. The molecule has 0 aromatic carbocycles. The van der Waals surface area contributed by atoms with E-state index in [1.54, 1.807) is 6.20 Å². The highest BCUT2D eigenvalue weighted by Gasteiger charge is 2.53. The van der Waals surface area contributed by atoms with Gasteiger partial charge in [-0.1, -0.05) is 6.07 Å². The SMILES string of the molecule is Cc1cccc(-c2nc(C34CCC(NC(=O)C(F)(F)F)(CC3)CC4)[nH]c2-c2ccnc(NC3CC3)n2)n1. The van der Waals surface area contributed by atoms with E-state index in [1.807, 2.05) is 31.2 Å². The Morgan fingerprint density at radius 1 is 1.00 bits per heavy atom. The van der Waals surface area contributed by atoms with Crippen LogP contribution in [0, 0.1) is 6.92 Å². The molecule has 8 nitrogen and oxygen atoms in total. The van der Waals surface area contributed by atoms with Gasteiger partial charge in [0, 0.05) is 28.9 Å². The van der Waals surface area contributed by atoms with Crippen LogP contribution in [-0.4, -0.2) is 48.6 Å². The van der Waals surface area contributed by atoms with E-state index < -0.39 is 17.6 Å². The van der Waals surface area contributed by atoms with Crippen molar-refractivity contribution in [2.45, 2.75) is 81.5 Å². The van der Waals surface area contributed by atoms with Crippen molar-refractivity contribution >= 4 is 11.9 Å². The van der Waals surface area contributed by atoms with Crippen LogP contribution in [0.15, 0.2) is 30.5 Å². The van der Waals surface area contributed by atoms with E-state index in [9.17, 15) is 18.0 Å². The summed E-state index contributed by atoms with van der Waals surface area (Å²) < 4.78 is 38.7. The Morgan fingerprint density at radius 2 is 1.73 bits per heavy atom. The average molecular weight is 512 g/mol. The minimum Gasteiger partial charge on any atom is -0.351 e. The first-order chi connectivity index (χ1) is 17.6. The van der Waals surface area contributed by atoms with Gasteiger partial charge in [0.1, 0.15) is 11.5 Å². The molecule has 3 heterocycles. The van der Waals surface area contributed by atoms with Crippen LogP contribution in [0.5, 0.6) is 0 Å². The lowest BCUT2D eigenvalue weighted by Crippen LogP contribution is -2.60. The van der Waals surface area contributed by atoms with Crippen molar-refractivity contribution in [3.8, 4) is 22.8 Å². The van der Waals surface area contributed by atoms with E-state index in [0.717, 1.165) is 35.7 Å². The number of nitrogens with zero attached hydrogens (tertiary/aromatic N) is 4. The van der Waals surface area contributed by atoms with Crippen molar-refractivity contribution in [3.63, 3.8) is 0 Å². The highest BCUT2D eigenvalue weighted by atomic mass is 19.4. The van der Waals surface area contributed by atoms with Gasteiger partial charge in [-0.25, -0.2) is 15.0 Å². The number of aryl methyl sites for hydroxylation is 1. The first-order valence-corrected chi connectivity index (χ1v) is 12.7. The predicted molar refractivity (Wildman–Crippen MR) is 131 cm³/mol. The number of anilines is 1. The number of fused-ring (bicyclic) bond motifs is 3. The third-order valence-electron chi connectivity index (χ3n) is 8.04. The van der Waals surface area contributed by atoms with E-state index in [2.05, 4.69) is 20.6 Å². The number of carbonyl (C=O) groups excluding carboxylic acids is 1. The number of hydrogen-bond donors (Lipinski definition) is 3. The molecule has 0 aliphatic heterocycles. The topological polar surface area (TPSA) is 108 Å². The maximum atomic E-state index is 12.9. The number of hydrogen-bond acceptors (Lipinski definition) is 6. The Bertz CT molecular complexity index is 1320. The average Bonchev–Trinajstić information content (AvgIpc) is 3.57. The van der Waals surface area contributed by atoms with Gasteiger partial charge in [0.2, 0.25) is 5.95 Å². The van der Waals surface area contributed by atoms with Crippen molar-refractivity contribution in [3.05, 3.63) is 42.0 Å². The van der Waals surface area contributed by atoms with Gasteiger partial charge in [-0.15, -0.1) is 0 Å². The highest BCUT2D eigenvalue weighted by Crippen LogP contribution is 2.53. The Labute approximate surface area is 211 Å². The van der Waals surface area contributed by atoms with Gasteiger partial charge in [-0.2, -0.15) is 13.2 Å². The number of alkyl halides is 3. The summed E-state index contributed by atoms with van der Waals surface area (Å²) in [6, 6.07) is 8.03. The summed E-state index contributed by atoms with van der Waals surface area (Å²) in [6.07, 6.45) is 2.39. The summed E-state index contributed by atoms with van der Waals surface area (Å²) in [6.45, 7) is 1.93. The maximum Gasteiger partial charge on any atom is 0.471 e. The molecular weight excluding hydrogens is 483 g/mol. The summed E-state index contributed by atoms with van der Waals surface area (Å²) in [5.41, 5.74) is 2.62. The summed E-state index contributed by atoms with van der Waals surface area (Å²) >= 11 is 0. The van der Waals surface area contributed by atoms with Crippen molar-refractivity contribution < 1.29 is 18.0 Å². The minimum atomic E-state index is -4.88. The summed E-state index contributed by atoms with van der Waals surface area (Å²) in [5, 5.41) is 5.63. The number of nitrogens with one attached hydrogen (secondary N) is 3. The number of imidazole rings is 1. The van der Waals surface area contributed by atoms with Crippen molar-refractivity contribution in [2.24, 2.45) is 0 Å². The van der Waals surface area contributed by atoms with E-state index in [1.165, 1.54) is 0 Å². The Balaban J connectivity index is 1.34. The van der Waals surface area contributed by atoms with Crippen LogP contribution < -0.4 is 10.6 Å². The van der Waals surface area contributed by atoms with Crippen LogP contribution >= 0.6 is 0 Å². The molecule has 3 aromatic rings. The molecule has 3 N–H and O–H groups in total. The third kappa shape index (κ3) is 4.55. The van der Waals surface area contributed by atoms with Gasteiger partial charge < -0.3 is 15.6 Å². The summed E-state index contributed by atoms with van der Waals surface area (Å²) in [5.74, 6) is -0.487. The molecule has 0 atom stereocenters. The number of amides is 1. The van der Waals surface area contributed by atoms with Gasteiger partial charge in [0.05, 0.1) is 17.1 Å². The lowest BCUT2D eigenvalue weighted by atomic mass is 9.57. The van der Waals surface area contributed by atoms with E-state index >= 15 is 0 Å². The number of pyridine rings is 1. The van der Waals surface area contributed by atoms with E-state index in [4.69, 9.17) is 15.0 Å². The first kappa shape index (κ1) is 23.9. The standard InChI is InChI=1S/C26H28F3N7O/c1-15-3-2-4-17(31-15)19-20(18-7-14-30-23(33-18)32-16-5-6-16)35-21(34-19)24-8-11-25(12-9-24,13-10-24)36-22(37)26(27,28)29/h2-4,7,14,16H,5-6,8-13H2,1H3,(H,34,35)(H,36,37)(H,30,32,33). The predicted octanol–water partition coefficient (Wildman–Crippen LogP) is 4.83. The molecule has 7 rings (SSSR count). The molecule has 194 valence electrons. The lowest BCUT2D eigenvalue weighted by Gasteiger charge is -2.52. The van der Waals surface area contributed by atoms with Gasteiger partial charge in [-0.3, -0.25) is 9.78 Å². The van der Waals surface area contributed by atoms with Crippen molar-refractivity contribution in [1.82, 2.24) is 30.2 Å². The molecule has 4 aliphatic carbocycles.